The molecule has 48 valence electrons. The predicted octanol–water partition coefficient (Wildman–Crippen LogP) is 0.471. The monoisotopic (exact) mass is 133 g/mol. The van der Waals surface area contributed by atoms with Gasteiger partial charge in [-0.3, -0.25) is 4.79 Å². The molecule has 0 spiro atoms. The van der Waals surface area contributed by atoms with Crippen molar-refractivity contribution >= 4 is 17.7 Å². The molecule has 0 aliphatic carbocycles. The third kappa shape index (κ3) is 2.91. The van der Waals surface area contributed by atoms with Gasteiger partial charge in [-0.1, -0.05) is 6.92 Å². The quantitative estimate of drug-likeness (QED) is 0.608. The largest absolute Gasteiger partial charge is 0.369 e. The van der Waals surface area contributed by atoms with Crippen molar-refractivity contribution in [1.82, 2.24) is 0 Å². The molecule has 0 radical (unpaired) electrons. The number of primary amides is 1. The summed E-state index contributed by atoms with van der Waals surface area (Å²) >= 11 is 1.64. The lowest BCUT2D eigenvalue weighted by Gasteiger charge is -2.01. The molecule has 0 aromatic heterocycles. The third-order valence-electron chi connectivity index (χ3n) is 0.902. The highest BCUT2D eigenvalue weighted by atomic mass is 32.2. The van der Waals surface area contributed by atoms with E-state index in [9.17, 15) is 4.79 Å². The molecule has 0 bridgehead atoms. The fourth-order valence-electron chi connectivity index (χ4n) is 0.332. The van der Waals surface area contributed by atoms with E-state index in [2.05, 4.69) is 0 Å². The van der Waals surface area contributed by atoms with Crippen molar-refractivity contribution in [1.29, 1.82) is 0 Å². The molecule has 0 aromatic rings. The Kier molecular flexibility index (Phi) is 3.69. The first kappa shape index (κ1) is 7.82. The zero-order valence-corrected chi connectivity index (χ0v) is 5.99. The van der Waals surface area contributed by atoms with Crippen molar-refractivity contribution in [2.24, 2.45) is 11.7 Å². The Balaban J connectivity index is 3.32. The van der Waals surface area contributed by atoms with Crippen LogP contribution in [0.25, 0.3) is 0 Å². The minimum absolute atomic E-state index is 0.0185. The van der Waals surface area contributed by atoms with E-state index in [0.717, 1.165) is 5.75 Å². The van der Waals surface area contributed by atoms with Crippen molar-refractivity contribution in [3.63, 3.8) is 0 Å². The molecule has 0 heterocycles. The fourth-order valence-corrected chi connectivity index (χ4v) is 0.996. The van der Waals surface area contributed by atoms with Gasteiger partial charge in [-0.15, -0.1) is 0 Å². The molecule has 1 amide bonds. The summed E-state index contributed by atoms with van der Waals surface area (Å²) in [5, 5.41) is 0. The number of nitrogens with two attached hydrogens (primary N) is 1. The molecule has 8 heavy (non-hydrogen) atoms. The number of amides is 1. The van der Waals surface area contributed by atoms with E-state index < -0.39 is 0 Å². The number of hydrogen-bond donors (Lipinski definition) is 1. The average Bonchev–Trinajstić information content (AvgIpc) is 1.67. The second kappa shape index (κ2) is 3.78. The summed E-state index contributed by atoms with van der Waals surface area (Å²) < 4.78 is 0. The Morgan fingerprint density at radius 2 is 2.38 bits per heavy atom. The number of hydrogen-bond acceptors (Lipinski definition) is 2. The minimum Gasteiger partial charge on any atom is -0.369 e. The van der Waals surface area contributed by atoms with Gasteiger partial charge in [0.2, 0.25) is 5.91 Å². The first-order valence-electron chi connectivity index (χ1n) is 2.46. The van der Waals surface area contributed by atoms with Gasteiger partial charge in [0.1, 0.15) is 0 Å². The highest BCUT2D eigenvalue weighted by Gasteiger charge is 2.05. The van der Waals surface area contributed by atoms with Crippen LogP contribution in [0.2, 0.25) is 0 Å². The van der Waals surface area contributed by atoms with Crippen LogP contribution in [0.5, 0.6) is 0 Å². The Morgan fingerprint density at radius 3 is 2.50 bits per heavy atom. The first-order chi connectivity index (χ1) is 3.68. The van der Waals surface area contributed by atoms with Crippen LogP contribution in [0.1, 0.15) is 6.92 Å². The highest BCUT2D eigenvalue weighted by Crippen LogP contribution is 2.01. The molecule has 0 aliphatic rings. The van der Waals surface area contributed by atoms with E-state index in [1.165, 1.54) is 0 Å². The summed E-state index contributed by atoms with van der Waals surface area (Å²) in [5.74, 6) is 0.638. The van der Waals surface area contributed by atoms with E-state index in [1.807, 2.05) is 13.2 Å². The summed E-state index contributed by atoms with van der Waals surface area (Å²) in [4.78, 5) is 10.3. The molecule has 0 aliphatic heterocycles. The molecule has 2 nitrogen and oxygen atoms in total. The average molecular weight is 133 g/mol. The van der Waals surface area contributed by atoms with Gasteiger partial charge in [0.15, 0.2) is 0 Å². The van der Waals surface area contributed by atoms with Crippen LogP contribution in [-0.2, 0) is 4.79 Å². The lowest BCUT2D eigenvalue weighted by atomic mass is 10.2. The molecule has 1 atom stereocenters. The van der Waals surface area contributed by atoms with Crippen LogP contribution in [0.4, 0.5) is 0 Å². The van der Waals surface area contributed by atoms with E-state index in [1.54, 1.807) is 11.8 Å². The summed E-state index contributed by atoms with van der Waals surface area (Å²) in [6.07, 6.45) is 1.96. The van der Waals surface area contributed by atoms with Crippen molar-refractivity contribution in [3.05, 3.63) is 0 Å². The highest BCUT2D eigenvalue weighted by molar-refractivity contribution is 7.98. The lowest BCUT2D eigenvalue weighted by molar-refractivity contribution is -0.120. The first-order valence-corrected chi connectivity index (χ1v) is 3.86. The minimum atomic E-state index is -0.209. The third-order valence-corrected chi connectivity index (χ3v) is 1.74. The summed E-state index contributed by atoms with van der Waals surface area (Å²) in [7, 11) is 0. The smallest absolute Gasteiger partial charge is 0.221 e. The maximum Gasteiger partial charge on any atom is 0.221 e. The maximum atomic E-state index is 10.3. The number of carbonyl (C=O) groups excluding carboxylic acids is 1. The number of carbonyl (C=O) groups is 1. The van der Waals surface area contributed by atoms with Crippen LogP contribution in [0.15, 0.2) is 0 Å². The van der Waals surface area contributed by atoms with Crippen LogP contribution >= 0.6 is 11.8 Å². The molecule has 3 heteroatoms. The molecule has 2 N–H and O–H groups in total. The van der Waals surface area contributed by atoms with E-state index >= 15 is 0 Å². The Morgan fingerprint density at radius 1 is 1.88 bits per heavy atom. The zero-order chi connectivity index (χ0) is 6.57. The van der Waals surface area contributed by atoms with Crippen molar-refractivity contribution in [2.75, 3.05) is 12.0 Å². The zero-order valence-electron chi connectivity index (χ0n) is 5.18. The van der Waals surface area contributed by atoms with E-state index in [-0.39, 0.29) is 11.8 Å². The lowest BCUT2D eigenvalue weighted by Crippen LogP contribution is -2.21. The Hall–Kier alpha value is -0.180. The molecule has 0 saturated heterocycles. The normalized spacial score (nSPS) is 13.2. The molecular weight excluding hydrogens is 122 g/mol. The van der Waals surface area contributed by atoms with Gasteiger partial charge in [0.05, 0.1) is 0 Å². The van der Waals surface area contributed by atoms with Gasteiger partial charge >= 0.3 is 0 Å². The van der Waals surface area contributed by atoms with Crippen LogP contribution in [0, 0.1) is 5.92 Å². The predicted molar refractivity (Wildman–Crippen MR) is 36.7 cm³/mol. The topological polar surface area (TPSA) is 43.1 Å². The molecule has 0 saturated carbocycles. The van der Waals surface area contributed by atoms with E-state index in [0.29, 0.717) is 0 Å². The van der Waals surface area contributed by atoms with Gasteiger partial charge < -0.3 is 5.73 Å². The second-order valence-electron chi connectivity index (χ2n) is 1.76. The molecule has 0 fully saturated rings. The van der Waals surface area contributed by atoms with Crippen molar-refractivity contribution in [3.8, 4) is 0 Å². The van der Waals surface area contributed by atoms with Gasteiger partial charge in [-0.05, 0) is 6.26 Å². The Labute approximate surface area is 53.8 Å². The van der Waals surface area contributed by atoms with Crippen molar-refractivity contribution < 1.29 is 4.79 Å². The summed E-state index contributed by atoms with van der Waals surface area (Å²) in [6.45, 7) is 1.83. The van der Waals surface area contributed by atoms with Crippen LogP contribution < -0.4 is 5.73 Å². The van der Waals surface area contributed by atoms with Gasteiger partial charge in [0.25, 0.3) is 0 Å². The summed E-state index contributed by atoms with van der Waals surface area (Å²) in [6, 6.07) is 0. The summed E-state index contributed by atoms with van der Waals surface area (Å²) in [5.41, 5.74) is 4.97. The molecule has 0 aromatic carbocycles. The standard InChI is InChI=1S/C5H11NOS/c1-4(3-8-2)5(6)7/h4H,3H2,1-2H3,(H2,6,7)/t4-/m0/s1. The molecule has 0 unspecified atom stereocenters. The number of thioether (sulfide) groups is 1. The van der Waals surface area contributed by atoms with Gasteiger partial charge in [0, 0.05) is 11.7 Å². The maximum absolute atomic E-state index is 10.3. The molecule has 0 rings (SSSR count). The number of rotatable bonds is 3. The van der Waals surface area contributed by atoms with Gasteiger partial charge in [-0.2, -0.15) is 11.8 Å². The van der Waals surface area contributed by atoms with Crippen molar-refractivity contribution in [2.45, 2.75) is 6.92 Å². The fraction of sp³-hybridized carbons (Fsp3) is 0.800. The Bertz CT molecular complexity index is 84.5. The van der Waals surface area contributed by atoms with Crippen LogP contribution in [-0.4, -0.2) is 17.9 Å². The van der Waals surface area contributed by atoms with Crippen LogP contribution in [0.3, 0.4) is 0 Å². The van der Waals surface area contributed by atoms with E-state index in [4.69, 9.17) is 5.73 Å². The second-order valence-corrected chi connectivity index (χ2v) is 2.67. The van der Waals surface area contributed by atoms with Gasteiger partial charge in [-0.25, -0.2) is 0 Å². The molecular formula is C5H11NOS. The SMILES string of the molecule is CSC[C@H](C)C(N)=O.